The average Bonchev–Trinajstić information content (AvgIpc) is 2.69. The maximum Gasteiger partial charge on any atom is 0.129 e. The Kier molecular flexibility index (Phi) is 4.29. The maximum absolute atomic E-state index is 6.02. The van der Waals surface area contributed by atoms with Gasteiger partial charge in [-0.1, -0.05) is 0 Å². The van der Waals surface area contributed by atoms with Crippen LogP contribution in [0.25, 0.3) is 11.1 Å². The van der Waals surface area contributed by atoms with Crippen molar-refractivity contribution in [2.45, 2.75) is 9.79 Å². The maximum atomic E-state index is 6.02. The van der Waals surface area contributed by atoms with Gasteiger partial charge in [-0.3, -0.25) is 4.68 Å². The van der Waals surface area contributed by atoms with E-state index in [1.165, 1.54) is 9.79 Å². The lowest BCUT2D eigenvalue weighted by Gasteiger charge is -2.10. The summed E-state index contributed by atoms with van der Waals surface area (Å²) in [7, 11) is 1.85. The number of aromatic nitrogens is 2. The summed E-state index contributed by atoms with van der Waals surface area (Å²) in [6.45, 7) is 0. The summed E-state index contributed by atoms with van der Waals surface area (Å²) in [5.41, 5.74) is 8.09. The number of halogens is 1. The van der Waals surface area contributed by atoms with Crippen LogP contribution in [0.1, 0.15) is 0 Å². The molecule has 0 aliphatic heterocycles. The van der Waals surface area contributed by atoms with Crippen molar-refractivity contribution in [2.24, 2.45) is 7.05 Å². The molecule has 0 bridgehead atoms. The van der Waals surface area contributed by atoms with Crippen LogP contribution in [0.4, 0.5) is 5.82 Å². The van der Waals surface area contributed by atoms with Crippen LogP contribution in [0.15, 0.2) is 32.6 Å². The lowest BCUT2D eigenvalue weighted by molar-refractivity contribution is 0.779. The highest BCUT2D eigenvalue weighted by atomic mass is 79.9. The highest BCUT2D eigenvalue weighted by Crippen LogP contribution is 2.39. The number of anilines is 1. The van der Waals surface area contributed by atoms with Crippen LogP contribution in [0.3, 0.4) is 0 Å². The third-order valence-electron chi connectivity index (χ3n) is 2.73. The molecule has 6 heteroatoms. The Morgan fingerprint density at radius 2 is 2.00 bits per heavy atom. The number of thioether (sulfide) groups is 2. The Bertz CT molecular complexity index is 581. The third-order valence-corrected chi connectivity index (χ3v) is 5.36. The lowest BCUT2D eigenvalue weighted by Crippen LogP contribution is -1.98. The van der Waals surface area contributed by atoms with E-state index in [0.29, 0.717) is 5.82 Å². The van der Waals surface area contributed by atoms with E-state index in [0.717, 1.165) is 15.6 Å². The first-order valence-electron chi connectivity index (χ1n) is 5.27. The first kappa shape index (κ1) is 13.8. The summed E-state index contributed by atoms with van der Waals surface area (Å²) < 4.78 is 2.78. The Morgan fingerprint density at radius 1 is 1.28 bits per heavy atom. The normalized spacial score (nSPS) is 10.9. The van der Waals surface area contributed by atoms with E-state index in [4.69, 9.17) is 5.73 Å². The lowest BCUT2D eigenvalue weighted by atomic mass is 10.1. The molecule has 0 spiro atoms. The number of benzene rings is 1. The number of nitrogen functional groups attached to an aromatic ring is 1. The van der Waals surface area contributed by atoms with Crippen molar-refractivity contribution in [1.82, 2.24) is 9.78 Å². The number of nitrogens with zero attached hydrogens (tertiary/aromatic N) is 2. The fourth-order valence-electron chi connectivity index (χ4n) is 1.74. The first-order valence-corrected chi connectivity index (χ1v) is 8.52. The second kappa shape index (κ2) is 5.59. The molecule has 1 heterocycles. The minimum Gasteiger partial charge on any atom is -0.383 e. The molecule has 2 aromatic rings. The predicted molar refractivity (Wildman–Crippen MR) is 84.3 cm³/mol. The molecular weight excluding hydrogens is 330 g/mol. The van der Waals surface area contributed by atoms with Gasteiger partial charge >= 0.3 is 0 Å². The topological polar surface area (TPSA) is 43.8 Å². The van der Waals surface area contributed by atoms with E-state index >= 15 is 0 Å². The van der Waals surface area contributed by atoms with Crippen molar-refractivity contribution < 1.29 is 0 Å². The van der Waals surface area contributed by atoms with Gasteiger partial charge in [0.2, 0.25) is 0 Å². The third kappa shape index (κ3) is 2.41. The monoisotopic (exact) mass is 343 g/mol. The van der Waals surface area contributed by atoms with Crippen molar-refractivity contribution in [3.05, 3.63) is 22.8 Å². The molecule has 3 nitrogen and oxygen atoms in total. The standard InChI is InChI=1S/C12H14BrN3S2/c1-16-12(14)8(6-15-16)7-4-9(13)11(18-3)10(5-7)17-2/h4-6H,14H2,1-3H3. The van der Waals surface area contributed by atoms with Crippen LogP contribution in [-0.2, 0) is 7.05 Å². The van der Waals surface area contributed by atoms with Gasteiger partial charge in [-0.15, -0.1) is 23.5 Å². The number of nitrogens with two attached hydrogens (primary N) is 1. The zero-order valence-corrected chi connectivity index (χ0v) is 13.6. The van der Waals surface area contributed by atoms with Gasteiger partial charge in [-0.25, -0.2) is 0 Å². The van der Waals surface area contributed by atoms with Crippen molar-refractivity contribution in [3.63, 3.8) is 0 Å². The van der Waals surface area contributed by atoms with Crippen LogP contribution in [0.5, 0.6) is 0 Å². The molecule has 2 N–H and O–H groups in total. The highest BCUT2D eigenvalue weighted by Gasteiger charge is 2.13. The summed E-state index contributed by atoms with van der Waals surface area (Å²) in [4.78, 5) is 2.50. The molecule has 0 aliphatic rings. The molecule has 1 aromatic carbocycles. The summed E-state index contributed by atoms with van der Waals surface area (Å²) in [6.07, 6.45) is 5.97. The molecule has 0 fully saturated rings. The van der Waals surface area contributed by atoms with Crippen molar-refractivity contribution in [2.75, 3.05) is 18.2 Å². The summed E-state index contributed by atoms with van der Waals surface area (Å²) in [5, 5.41) is 4.18. The number of rotatable bonds is 3. The average molecular weight is 344 g/mol. The van der Waals surface area contributed by atoms with Gasteiger partial charge in [0.25, 0.3) is 0 Å². The largest absolute Gasteiger partial charge is 0.383 e. The van der Waals surface area contributed by atoms with Gasteiger partial charge in [-0.05, 0) is 46.1 Å². The van der Waals surface area contributed by atoms with Crippen LogP contribution < -0.4 is 5.73 Å². The molecule has 0 radical (unpaired) electrons. The van der Waals surface area contributed by atoms with E-state index in [2.05, 4.69) is 45.7 Å². The molecule has 2 rings (SSSR count). The molecule has 0 aliphatic carbocycles. The molecule has 0 atom stereocenters. The quantitative estimate of drug-likeness (QED) is 0.859. The van der Waals surface area contributed by atoms with Gasteiger partial charge in [0, 0.05) is 26.9 Å². The van der Waals surface area contributed by atoms with Crippen LogP contribution in [0.2, 0.25) is 0 Å². The van der Waals surface area contributed by atoms with E-state index in [-0.39, 0.29) is 0 Å². The van der Waals surface area contributed by atoms with Crippen molar-refractivity contribution >= 4 is 45.3 Å². The van der Waals surface area contributed by atoms with Crippen LogP contribution in [0, 0.1) is 0 Å². The summed E-state index contributed by atoms with van der Waals surface area (Å²) in [6, 6.07) is 4.26. The van der Waals surface area contributed by atoms with Gasteiger partial charge < -0.3 is 5.73 Å². The Balaban J connectivity index is 2.59. The smallest absolute Gasteiger partial charge is 0.129 e. The molecule has 0 unspecified atom stereocenters. The zero-order valence-electron chi connectivity index (χ0n) is 10.4. The Morgan fingerprint density at radius 3 is 2.50 bits per heavy atom. The summed E-state index contributed by atoms with van der Waals surface area (Å²) in [5.74, 6) is 0.686. The minimum atomic E-state index is 0.686. The summed E-state index contributed by atoms with van der Waals surface area (Å²) >= 11 is 7.10. The highest BCUT2D eigenvalue weighted by molar-refractivity contribution is 9.10. The van der Waals surface area contributed by atoms with Crippen LogP contribution in [-0.4, -0.2) is 22.3 Å². The first-order chi connectivity index (χ1) is 8.58. The molecule has 0 saturated carbocycles. The van der Waals surface area contributed by atoms with Gasteiger partial charge in [-0.2, -0.15) is 5.10 Å². The number of aryl methyl sites for hydroxylation is 1. The van der Waals surface area contributed by atoms with E-state index in [1.54, 1.807) is 34.4 Å². The second-order valence-electron chi connectivity index (χ2n) is 3.76. The SMILES string of the molecule is CSc1cc(-c2cnn(C)c2N)cc(Br)c1SC. The molecule has 0 amide bonds. The molecule has 18 heavy (non-hydrogen) atoms. The van der Waals surface area contributed by atoms with Crippen LogP contribution >= 0.6 is 39.5 Å². The van der Waals surface area contributed by atoms with E-state index in [1.807, 2.05) is 7.05 Å². The molecule has 96 valence electrons. The zero-order chi connectivity index (χ0) is 13.3. The Hall–Kier alpha value is -0.590. The fraction of sp³-hybridized carbons (Fsp3) is 0.250. The van der Waals surface area contributed by atoms with E-state index in [9.17, 15) is 0 Å². The van der Waals surface area contributed by atoms with E-state index < -0.39 is 0 Å². The van der Waals surface area contributed by atoms with Crippen molar-refractivity contribution in [1.29, 1.82) is 0 Å². The minimum absolute atomic E-state index is 0.686. The van der Waals surface area contributed by atoms with Gasteiger partial charge in [0.15, 0.2) is 0 Å². The molecular formula is C12H14BrN3S2. The van der Waals surface area contributed by atoms with Crippen molar-refractivity contribution in [3.8, 4) is 11.1 Å². The second-order valence-corrected chi connectivity index (χ2v) is 6.28. The van der Waals surface area contributed by atoms with Gasteiger partial charge in [0.1, 0.15) is 5.82 Å². The number of hydrogen-bond acceptors (Lipinski definition) is 4. The van der Waals surface area contributed by atoms with Gasteiger partial charge in [0.05, 0.1) is 6.20 Å². The molecule has 0 saturated heterocycles. The molecule has 1 aromatic heterocycles. The predicted octanol–water partition coefficient (Wildman–Crippen LogP) is 3.88. The number of hydrogen-bond donors (Lipinski definition) is 1. The Labute approximate surface area is 124 Å². The fourth-order valence-corrected chi connectivity index (χ4v) is 4.37.